The Morgan fingerprint density at radius 3 is 2.45 bits per heavy atom. The van der Waals surface area contributed by atoms with Crippen LogP contribution in [0, 0.1) is 5.92 Å². The van der Waals surface area contributed by atoms with Crippen LogP contribution in [0.4, 0.5) is 0 Å². The largest absolute Gasteiger partial charge is 0.497 e. The summed E-state index contributed by atoms with van der Waals surface area (Å²) < 4.78 is 6.18. The van der Waals surface area contributed by atoms with E-state index in [1.807, 2.05) is 18.3 Å². The Bertz CT molecular complexity index is 544. The molecule has 1 heterocycles. The van der Waals surface area contributed by atoms with E-state index in [2.05, 4.69) is 39.1 Å². The van der Waals surface area contributed by atoms with Gasteiger partial charge in [-0.2, -0.15) is 0 Å². The molecule has 0 radical (unpaired) electrons. The third-order valence-electron chi connectivity index (χ3n) is 3.19. The van der Waals surface area contributed by atoms with Crippen molar-refractivity contribution in [2.24, 2.45) is 5.92 Å². The topological polar surface area (TPSA) is 22.1 Å². The first-order chi connectivity index (χ1) is 9.71. The lowest BCUT2D eigenvalue weighted by Gasteiger charge is -2.14. The van der Waals surface area contributed by atoms with E-state index in [4.69, 9.17) is 16.3 Å². The number of hydrogen-bond acceptors (Lipinski definition) is 2. The van der Waals surface area contributed by atoms with Gasteiger partial charge in [0.15, 0.2) is 0 Å². The van der Waals surface area contributed by atoms with E-state index in [9.17, 15) is 0 Å². The number of alkyl halides is 1. The van der Waals surface area contributed by atoms with Crippen molar-refractivity contribution in [3.05, 3.63) is 58.3 Å². The molecule has 0 bridgehead atoms. The molecule has 0 aliphatic rings. The maximum absolute atomic E-state index is 6.11. The Morgan fingerprint density at radius 2 is 1.85 bits per heavy atom. The van der Waals surface area contributed by atoms with Crippen molar-refractivity contribution in [1.29, 1.82) is 0 Å². The Labute approximate surface area is 133 Å². The fourth-order valence-electron chi connectivity index (χ4n) is 2.18. The van der Waals surface area contributed by atoms with Gasteiger partial charge >= 0.3 is 0 Å². The van der Waals surface area contributed by atoms with Gasteiger partial charge in [-0.05, 0) is 64.0 Å². The van der Waals surface area contributed by atoms with Crippen LogP contribution in [0.5, 0.6) is 5.75 Å². The molecule has 2 nitrogen and oxygen atoms in total. The first-order valence-electron chi connectivity index (χ1n) is 6.49. The summed E-state index contributed by atoms with van der Waals surface area (Å²) in [4.78, 5) is 4.19. The van der Waals surface area contributed by atoms with E-state index >= 15 is 0 Å². The maximum atomic E-state index is 6.11. The quantitative estimate of drug-likeness (QED) is 0.713. The molecule has 1 aromatic carbocycles. The first-order valence-corrected chi connectivity index (χ1v) is 7.82. The maximum Gasteiger partial charge on any atom is 0.118 e. The van der Waals surface area contributed by atoms with Gasteiger partial charge in [0, 0.05) is 22.7 Å². The summed E-state index contributed by atoms with van der Waals surface area (Å²) in [7, 11) is 1.68. The Hall–Kier alpha value is -1.06. The molecule has 2 aromatic rings. The molecule has 0 amide bonds. The first kappa shape index (κ1) is 15.3. The zero-order valence-corrected chi connectivity index (χ0v) is 13.7. The molecule has 0 aliphatic heterocycles. The van der Waals surface area contributed by atoms with E-state index in [1.54, 1.807) is 13.3 Å². The highest BCUT2D eigenvalue weighted by Crippen LogP contribution is 2.20. The van der Waals surface area contributed by atoms with Gasteiger partial charge in [0.05, 0.1) is 7.11 Å². The van der Waals surface area contributed by atoms with E-state index < -0.39 is 0 Å². The van der Waals surface area contributed by atoms with Crippen LogP contribution in [0.25, 0.3) is 0 Å². The van der Waals surface area contributed by atoms with Gasteiger partial charge in [-0.25, -0.2) is 0 Å². The smallest absolute Gasteiger partial charge is 0.118 e. The SMILES string of the molecule is COc1ccc(CC(CCl)Cc2cncc(Br)c2)cc1. The highest BCUT2D eigenvalue weighted by molar-refractivity contribution is 9.10. The number of hydrogen-bond donors (Lipinski definition) is 0. The summed E-state index contributed by atoms with van der Waals surface area (Å²) in [6.07, 6.45) is 5.59. The highest BCUT2D eigenvalue weighted by atomic mass is 79.9. The summed E-state index contributed by atoms with van der Waals surface area (Å²) in [5, 5.41) is 0. The van der Waals surface area contributed by atoms with Gasteiger partial charge < -0.3 is 4.74 Å². The van der Waals surface area contributed by atoms with Crippen LogP contribution >= 0.6 is 27.5 Å². The minimum Gasteiger partial charge on any atom is -0.497 e. The monoisotopic (exact) mass is 353 g/mol. The van der Waals surface area contributed by atoms with Crippen LogP contribution in [0.3, 0.4) is 0 Å². The number of benzene rings is 1. The molecular weight excluding hydrogens is 338 g/mol. The van der Waals surface area contributed by atoms with Crippen molar-refractivity contribution in [2.75, 3.05) is 13.0 Å². The number of halogens is 2. The lowest BCUT2D eigenvalue weighted by molar-refractivity contribution is 0.414. The number of rotatable bonds is 6. The van der Waals surface area contributed by atoms with Crippen molar-refractivity contribution in [3.8, 4) is 5.75 Å². The predicted molar refractivity (Wildman–Crippen MR) is 86.5 cm³/mol. The summed E-state index contributed by atoms with van der Waals surface area (Å²) in [5.41, 5.74) is 2.48. The third kappa shape index (κ3) is 4.50. The number of ether oxygens (including phenoxy) is 1. The lowest BCUT2D eigenvalue weighted by atomic mass is 9.95. The zero-order chi connectivity index (χ0) is 14.4. The summed E-state index contributed by atoms with van der Waals surface area (Å²) in [6.45, 7) is 0. The average molecular weight is 355 g/mol. The van der Waals surface area contributed by atoms with Crippen LogP contribution in [0.15, 0.2) is 47.2 Å². The van der Waals surface area contributed by atoms with Crippen molar-refractivity contribution in [2.45, 2.75) is 12.8 Å². The highest BCUT2D eigenvalue weighted by Gasteiger charge is 2.10. The van der Waals surface area contributed by atoms with E-state index in [-0.39, 0.29) is 0 Å². The number of pyridine rings is 1. The second-order valence-corrected chi connectivity index (χ2v) is 6.01. The summed E-state index contributed by atoms with van der Waals surface area (Å²) in [6, 6.07) is 10.3. The molecule has 0 fully saturated rings. The van der Waals surface area contributed by atoms with Crippen LogP contribution in [0.1, 0.15) is 11.1 Å². The van der Waals surface area contributed by atoms with Crippen LogP contribution in [-0.4, -0.2) is 18.0 Å². The van der Waals surface area contributed by atoms with Crippen LogP contribution in [-0.2, 0) is 12.8 Å². The second-order valence-electron chi connectivity index (χ2n) is 4.79. The zero-order valence-electron chi connectivity index (χ0n) is 11.4. The summed E-state index contributed by atoms with van der Waals surface area (Å²) in [5.74, 6) is 1.92. The standard InChI is InChI=1S/C16H17BrClNO/c1-20-16-4-2-12(3-5-16)6-13(9-18)7-14-8-15(17)11-19-10-14/h2-5,8,10-11,13H,6-7,9H2,1H3. The Kier molecular flexibility index (Phi) is 5.86. The minimum atomic E-state index is 0.404. The van der Waals surface area contributed by atoms with Gasteiger partial charge in [0.2, 0.25) is 0 Å². The van der Waals surface area contributed by atoms with Crippen LogP contribution < -0.4 is 4.74 Å². The van der Waals surface area contributed by atoms with Gasteiger partial charge in [-0.1, -0.05) is 12.1 Å². The summed E-state index contributed by atoms with van der Waals surface area (Å²) >= 11 is 9.56. The van der Waals surface area contributed by atoms with E-state index in [1.165, 1.54) is 11.1 Å². The lowest BCUT2D eigenvalue weighted by Crippen LogP contribution is -2.10. The Balaban J connectivity index is 2.01. The molecule has 106 valence electrons. The molecule has 1 aromatic heterocycles. The van der Waals surface area contributed by atoms with Crippen molar-refractivity contribution in [1.82, 2.24) is 4.98 Å². The predicted octanol–water partition coefficient (Wildman–Crippen LogP) is 4.49. The molecule has 0 saturated carbocycles. The molecule has 4 heteroatoms. The fourth-order valence-corrected chi connectivity index (χ4v) is 2.81. The molecule has 1 atom stereocenters. The van der Waals surface area contributed by atoms with Gasteiger partial charge in [-0.3, -0.25) is 4.98 Å². The number of nitrogens with zero attached hydrogens (tertiary/aromatic N) is 1. The van der Waals surface area contributed by atoms with E-state index in [0.29, 0.717) is 11.8 Å². The van der Waals surface area contributed by atoms with Crippen molar-refractivity contribution in [3.63, 3.8) is 0 Å². The fraction of sp³-hybridized carbons (Fsp3) is 0.312. The second kappa shape index (κ2) is 7.65. The van der Waals surface area contributed by atoms with Crippen molar-refractivity contribution < 1.29 is 4.74 Å². The normalized spacial score (nSPS) is 12.2. The number of aromatic nitrogens is 1. The van der Waals surface area contributed by atoms with Gasteiger partial charge in [0.1, 0.15) is 5.75 Å². The van der Waals surface area contributed by atoms with Gasteiger partial charge in [0.25, 0.3) is 0 Å². The molecule has 2 rings (SSSR count). The third-order valence-corrected chi connectivity index (χ3v) is 4.06. The molecule has 0 spiro atoms. The molecular formula is C16H17BrClNO. The Morgan fingerprint density at radius 1 is 1.15 bits per heavy atom. The van der Waals surface area contributed by atoms with E-state index in [0.717, 1.165) is 23.1 Å². The molecule has 0 aliphatic carbocycles. The number of methoxy groups -OCH3 is 1. The molecule has 0 N–H and O–H groups in total. The van der Waals surface area contributed by atoms with Crippen LogP contribution in [0.2, 0.25) is 0 Å². The van der Waals surface area contributed by atoms with Crippen molar-refractivity contribution >= 4 is 27.5 Å². The molecule has 1 unspecified atom stereocenters. The van der Waals surface area contributed by atoms with Gasteiger partial charge in [-0.15, -0.1) is 11.6 Å². The molecule has 0 saturated heterocycles. The minimum absolute atomic E-state index is 0.404. The molecule has 20 heavy (non-hydrogen) atoms. The average Bonchev–Trinajstić information content (AvgIpc) is 2.47.